The SMILES string of the molecule is CC(C)CNC(=NCC(=O)N(C)C)N(C)Cc1cnn(-c2ccccc2)c1.I. The van der Waals surface area contributed by atoms with Crippen LogP contribution in [0.25, 0.3) is 5.69 Å². The Morgan fingerprint density at radius 2 is 1.89 bits per heavy atom. The molecular weight excluding hydrogens is 467 g/mol. The van der Waals surface area contributed by atoms with E-state index in [2.05, 4.69) is 29.3 Å². The number of hydrogen-bond donors (Lipinski definition) is 1. The second-order valence-corrected chi connectivity index (χ2v) is 7.19. The van der Waals surface area contributed by atoms with Gasteiger partial charge < -0.3 is 15.1 Å². The molecule has 7 nitrogen and oxygen atoms in total. The average Bonchev–Trinajstić information content (AvgIpc) is 3.10. The van der Waals surface area contributed by atoms with Crippen LogP contribution in [0.2, 0.25) is 0 Å². The number of aliphatic imine (C=N–C) groups is 1. The van der Waals surface area contributed by atoms with Crippen molar-refractivity contribution in [3.8, 4) is 5.69 Å². The van der Waals surface area contributed by atoms with Gasteiger partial charge in [0, 0.05) is 46.0 Å². The van der Waals surface area contributed by atoms with Gasteiger partial charge in [0.1, 0.15) is 6.54 Å². The Morgan fingerprint density at radius 3 is 2.50 bits per heavy atom. The molecule has 0 spiro atoms. The van der Waals surface area contributed by atoms with Gasteiger partial charge in [-0.1, -0.05) is 32.0 Å². The Morgan fingerprint density at radius 1 is 1.21 bits per heavy atom. The Hall–Kier alpha value is -2.10. The van der Waals surface area contributed by atoms with E-state index < -0.39 is 0 Å². The predicted octanol–water partition coefficient (Wildman–Crippen LogP) is 2.61. The highest BCUT2D eigenvalue weighted by molar-refractivity contribution is 14.0. The lowest BCUT2D eigenvalue weighted by atomic mass is 10.2. The molecule has 0 unspecified atom stereocenters. The summed E-state index contributed by atoms with van der Waals surface area (Å²) in [5.74, 6) is 1.17. The number of likely N-dealkylation sites (N-methyl/N-ethyl adjacent to an activating group) is 1. The molecule has 0 saturated carbocycles. The molecule has 1 aromatic heterocycles. The lowest BCUT2D eigenvalue weighted by Crippen LogP contribution is -2.41. The van der Waals surface area contributed by atoms with Crippen molar-refractivity contribution >= 4 is 35.8 Å². The van der Waals surface area contributed by atoms with E-state index in [-0.39, 0.29) is 36.4 Å². The second-order valence-electron chi connectivity index (χ2n) is 7.19. The molecule has 0 aliphatic heterocycles. The number of carbonyl (C=O) groups is 1. The molecule has 154 valence electrons. The number of rotatable bonds is 7. The van der Waals surface area contributed by atoms with Crippen LogP contribution in [-0.2, 0) is 11.3 Å². The van der Waals surface area contributed by atoms with Gasteiger partial charge in [-0.25, -0.2) is 9.67 Å². The van der Waals surface area contributed by atoms with Gasteiger partial charge in [-0.2, -0.15) is 5.10 Å². The first kappa shape index (κ1) is 23.9. The quantitative estimate of drug-likeness (QED) is 0.362. The third-order valence-corrected chi connectivity index (χ3v) is 3.97. The van der Waals surface area contributed by atoms with E-state index in [1.807, 2.05) is 59.4 Å². The van der Waals surface area contributed by atoms with Gasteiger partial charge in [-0.3, -0.25) is 4.79 Å². The first-order valence-corrected chi connectivity index (χ1v) is 9.15. The fraction of sp³-hybridized carbons (Fsp3) is 0.450. The maximum absolute atomic E-state index is 11.9. The average molecular weight is 498 g/mol. The van der Waals surface area contributed by atoms with Gasteiger partial charge >= 0.3 is 0 Å². The van der Waals surface area contributed by atoms with Crippen molar-refractivity contribution in [1.29, 1.82) is 0 Å². The lowest BCUT2D eigenvalue weighted by molar-refractivity contribution is -0.127. The van der Waals surface area contributed by atoms with Gasteiger partial charge in [0.25, 0.3) is 0 Å². The van der Waals surface area contributed by atoms with E-state index >= 15 is 0 Å². The Balaban J connectivity index is 0.00000392. The number of hydrogen-bond acceptors (Lipinski definition) is 3. The van der Waals surface area contributed by atoms with Crippen LogP contribution in [0.15, 0.2) is 47.7 Å². The van der Waals surface area contributed by atoms with Crippen molar-refractivity contribution < 1.29 is 4.79 Å². The van der Waals surface area contributed by atoms with Crippen LogP contribution in [0.3, 0.4) is 0 Å². The van der Waals surface area contributed by atoms with Crippen LogP contribution in [0, 0.1) is 5.92 Å². The highest BCUT2D eigenvalue weighted by Gasteiger charge is 2.11. The summed E-state index contributed by atoms with van der Waals surface area (Å²) in [6.07, 6.45) is 3.87. The van der Waals surface area contributed by atoms with Crippen molar-refractivity contribution in [2.75, 3.05) is 34.2 Å². The minimum Gasteiger partial charge on any atom is -0.356 e. The number of halogens is 1. The summed E-state index contributed by atoms with van der Waals surface area (Å²) in [5, 5.41) is 7.79. The molecule has 0 saturated heterocycles. The number of nitrogens with one attached hydrogen (secondary N) is 1. The van der Waals surface area contributed by atoms with Crippen LogP contribution < -0.4 is 5.32 Å². The third-order valence-electron chi connectivity index (χ3n) is 3.97. The summed E-state index contributed by atoms with van der Waals surface area (Å²) in [6.45, 7) is 5.84. The van der Waals surface area contributed by atoms with Gasteiger partial charge in [0.2, 0.25) is 5.91 Å². The second kappa shape index (κ2) is 11.7. The fourth-order valence-electron chi connectivity index (χ4n) is 2.40. The first-order valence-electron chi connectivity index (χ1n) is 9.15. The minimum absolute atomic E-state index is 0. The summed E-state index contributed by atoms with van der Waals surface area (Å²) >= 11 is 0. The van der Waals surface area contributed by atoms with E-state index in [1.54, 1.807) is 19.0 Å². The smallest absolute Gasteiger partial charge is 0.243 e. The van der Waals surface area contributed by atoms with Crippen LogP contribution in [-0.4, -0.2) is 65.7 Å². The molecule has 0 aliphatic rings. The van der Waals surface area contributed by atoms with E-state index in [9.17, 15) is 4.79 Å². The largest absolute Gasteiger partial charge is 0.356 e. The number of amides is 1. The topological polar surface area (TPSA) is 65.8 Å². The maximum atomic E-state index is 11.9. The van der Waals surface area contributed by atoms with Crippen molar-refractivity contribution in [3.63, 3.8) is 0 Å². The summed E-state index contributed by atoms with van der Waals surface area (Å²) in [7, 11) is 5.44. The van der Waals surface area contributed by atoms with Crippen molar-refractivity contribution in [2.45, 2.75) is 20.4 Å². The molecule has 0 bridgehead atoms. The molecule has 0 aliphatic carbocycles. The fourth-order valence-corrected chi connectivity index (χ4v) is 2.40. The molecule has 1 amide bonds. The molecule has 28 heavy (non-hydrogen) atoms. The zero-order valence-electron chi connectivity index (χ0n) is 17.3. The number of carbonyl (C=O) groups excluding carboxylic acids is 1. The number of nitrogens with zero attached hydrogens (tertiary/aromatic N) is 5. The number of aromatic nitrogens is 2. The molecule has 2 rings (SSSR count). The molecule has 1 aromatic carbocycles. The highest BCUT2D eigenvalue weighted by Crippen LogP contribution is 2.09. The minimum atomic E-state index is -0.0239. The van der Waals surface area contributed by atoms with E-state index in [0.29, 0.717) is 18.4 Å². The molecule has 2 aromatic rings. The normalized spacial score (nSPS) is 11.1. The molecule has 8 heteroatoms. The monoisotopic (exact) mass is 498 g/mol. The van der Waals surface area contributed by atoms with Crippen LogP contribution in [0.5, 0.6) is 0 Å². The van der Waals surface area contributed by atoms with Crippen LogP contribution in [0.4, 0.5) is 0 Å². The summed E-state index contributed by atoms with van der Waals surface area (Å²) in [5.41, 5.74) is 2.09. The van der Waals surface area contributed by atoms with Crippen LogP contribution >= 0.6 is 24.0 Å². The Bertz CT molecular complexity index is 757. The molecule has 0 atom stereocenters. The van der Waals surface area contributed by atoms with Gasteiger partial charge in [0.05, 0.1) is 11.9 Å². The van der Waals surface area contributed by atoms with Crippen LogP contribution in [0.1, 0.15) is 19.4 Å². The van der Waals surface area contributed by atoms with Crippen molar-refractivity contribution in [1.82, 2.24) is 24.9 Å². The van der Waals surface area contributed by atoms with Gasteiger partial charge in [-0.15, -0.1) is 24.0 Å². The predicted molar refractivity (Wildman–Crippen MR) is 124 cm³/mol. The number of benzene rings is 1. The zero-order chi connectivity index (χ0) is 19.8. The molecule has 0 radical (unpaired) electrons. The maximum Gasteiger partial charge on any atom is 0.243 e. The van der Waals surface area contributed by atoms with E-state index in [4.69, 9.17) is 0 Å². The zero-order valence-corrected chi connectivity index (χ0v) is 19.6. The molecule has 1 heterocycles. The van der Waals surface area contributed by atoms with Crippen molar-refractivity contribution in [3.05, 3.63) is 48.3 Å². The Labute approximate surface area is 184 Å². The standard InChI is InChI=1S/C20H30N6O.HI/c1-16(2)11-21-20(22-13-19(27)24(3)4)25(5)14-17-12-23-26(15-17)18-9-7-6-8-10-18;/h6-10,12,15-16H,11,13-14H2,1-5H3,(H,21,22);1H. The van der Waals surface area contributed by atoms with E-state index in [0.717, 1.165) is 17.8 Å². The molecule has 1 N–H and O–H groups in total. The summed E-state index contributed by atoms with van der Waals surface area (Å²) < 4.78 is 1.86. The third kappa shape index (κ3) is 7.49. The first-order chi connectivity index (χ1) is 12.9. The van der Waals surface area contributed by atoms with Gasteiger partial charge in [0.15, 0.2) is 5.96 Å². The Kier molecular flexibility index (Phi) is 9.98. The summed E-state index contributed by atoms with van der Waals surface area (Å²) in [6, 6.07) is 10.0. The lowest BCUT2D eigenvalue weighted by Gasteiger charge is -2.23. The van der Waals surface area contributed by atoms with E-state index in [1.165, 1.54) is 0 Å². The molecule has 0 fully saturated rings. The highest BCUT2D eigenvalue weighted by atomic mass is 127. The van der Waals surface area contributed by atoms with Gasteiger partial charge in [-0.05, 0) is 18.1 Å². The number of guanidine groups is 1. The molecular formula is C20H31IN6O. The number of para-hydroxylation sites is 1. The van der Waals surface area contributed by atoms with Crippen molar-refractivity contribution in [2.24, 2.45) is 10.9 Å². The summed E-state index contributed by atoms with van der Waals surface area (Å²) in [4.78, 5) is 19.9.